The highest BCUT2D eigenvalue weighted by Crippen LogP contribution is 2.41. The first-order valence-corrected chi connectivity index (χ1v) is 10.5. The maximum atomic E-state index is 12.4. The zero-order valence-electron chi connectivity index (χ0n) is 18.0. The quantitative estimate of drug-likeness (QED) is 0.760. The Morgan fingerprint density at radius 2 is 2.07 bits per heavy atom. The number of amides is 1. The molecule has 4 heterocycles. The van der Waals surface area contributed by atoms with Gasteiger partial charge in [0.25, 0.3) is 5.91 Å². The summed E-state index contributed by atoms with van der Waals surface area (Å²) in [5.41, 5.74) is 2.13. The minimum absolute atomic E-state index is 0.0402. The van der Waals surface area contributed by atoms with E-state index in [0.717, 1.165) is 30.9 Å². The van der Waals surface area contributed by atoms with Gasteiger partial charge in [-0.1, -0.05) is 32.9 Å². The molecule has 29 heavy (non-hydrogen) atoms. The van der Waals surface area contributed by atoms with Crippen molar-refractivity contribution >= 4 is 17.8 Å². The number of anilines is 1. The lowest BCUT2D eigenvalue weighted by atomic mass is 9.75. The second-order valence-electron chi connectivity index (χ2n) is 9.89. The third kappa shape index (κ3) is 3.45. The maximum Gasteiger partial charge on any atom is 0.327 e. The van der Waals surface area contributed by atoms with Gasteiger partial charge in [-0.25, -0.2) is 4.79 Å². The molecule has 1 aromatic rings. The molecular weight excluding hydrogens is 368 g/mol. The summed E-state index contributed by atoms with van der Waals surface area (Å²) in [6.07, 6.45) is 7.45. The number of imidazole rings is 1. The number of hydrogen-bond acceptors (Lipinski definition) is 4. The number of aliphatic hydroxyl groups is 1. The van der Waals surface area contributed by atoms with Gasteiger partial charge in [-0.05, 0) is 42.7 Å². The van der Waals surface area contributed by atoms with Crippen LogP contribution >= 0.6 is 0 Å². The number of H-pyrrole nitrogens is 1. The van der Waals surface area contributed by atoms with Gasteiger partial charge >= 0.3 is 5.69 Å². The smallest absolute Gasteiger partial charge is 0.327 e. The molecule has 0 saturated carbocycles. The Labute approximate surface area is 171 Å². The van der Waals surface area contributed by atoms with Crippen LogP contribution in [-0.4, -0.2) is 56.7 Å². The third-order valence-corrected chi connectivity index (χ3v) is 6.27. The Bertz CT molecular complexity index is 931. The fraction of sp³-hybridized carbons (Fsp3) is 0.636. The van der Waals surface area contributed by atoms with Crippen molar-refractivity contribution in [2.24, 2.45) is 18.4 Å². The first kappa shape index (κ1) is 20.0. The number of hydrogen-bond donors (Lipinski definition) is 2. The summed E-state index contributed by atoms with van der Waals surface area (Å²) in [6.45, 7) is 9.63. The van der Waals surface area contributed by atoms with Crippen molar-refractivity contribution in [2.75, 3.05) is 18.0 Å². The lowest BCUT2D eigenvalue weighted by Crippen LogP contribution is -2.55. The second kappa shape index (κ2) is 6.90. The highest BCUT2D eigenvalue weighted by molar-refractivity contribution is 5.81. The van der Waals surface area contributed by atoms with E-state index in [9.17, 15) is 14.7 Å². The Balaban J connectivity index is 1.72. The number of aromatic amines is 1. The van der Waals surface area contributed by atoms with Gasteiger partial charge in [0.05, 0.1) is 17.8 Å². The van der Waals surface area contributed by atoms with Crippen molar-refractivity contribution in [3.05, 3.63) is 33.9 Å². The van der Waals surface area contributed by atoms with Gasteiger partial charge in [0.1, 0.15) is 11.9 Å². The van der Waals surface area contributed by atoms with Crippen LogP contribution < -0.4 is 10.6 Å². The third-order valence-electron chi connectivity index (χ3n) is 6.27. The summed E-state index contributed by atoms with van der Waals surface area (Å²) >= 11 is 0. The SMILES string of the molecule is CC(O)C(=O)N1CC2CCC1C=C2C1C=Cc2[nH]c(=O)n(C)c2N1CC(C)(C)C. The van der Waals surface area contributed by atoms with E-state index in [1.54, 1.807) is 4.57 Å². The molecule has 1 fully saturated rings. The van der Waals surface area contributed by atoms with Crippen molar-refractivity contribution < 1.29 is 9.90 Å². The molecule has 2 bridgehead atoms. The van der Waals surface area contributed by atoms with Gasteiger partial charge in [-0.2, -0.15) is 0 Å². The summed E-state index contributed by atoms with van der Waals surface area (Å²) in [4.78, 5) is 31.8. The van der Waals surface area contributed by atoms with Crippen LogP contribution in [0.3, 0.4) is 0 Å². The van der Waals surface area contributed by atoms with Crippen molar-refractivity contribution in [1.82, 2.24) is 14.5 Å². The second-order valence-corrected chi connectivity index (χ2v) is 9.89. The van der Waals surface area contributed by atoms with Crippen LogP contribution in [0.15, 0.2) is 22.5 Å². The highest BCUT2D eigenvalue weighted by Gasteiger charge is 2.42. The van der Waals surface area contributed by atoms with Crippen molar-refractivity contribution in [1.29, 1.82) is 0 Å². The first-order chi connectivity index (χ1) is 13.6. The normalized spacial score (nSPS) is 27.1. The Kier molecular flexibility index (Phi) is 4.76. The number of carbonyl (C=O) groups excluding carboxylic acids is 1. The molecule has 3 aliphatic heterocycles. The highest BCUT2D eigenvalue weighted by atomic mass is 16.3. The summed E-state index contributed by atoms with van der Waals surface area (Å²) < 4.78 is 1.70. The minimum Gasteiger partial charge on any atom is -0.384 e. The molecular formula is C22H32N4O3. The van der Waals surface area contributed by atoms with Crippen LogP contribution in [-0.2, 0) is 11.8 Å². The van der Waals surface area contributed by atoms with Gasteiger partial charge in [0.2, 0.25) is 0 Å². The van der Waals surface area contributed by atoms with Crippen LogP contribution in [0.5, 0.6) is 0 Å². The van der Waals surface area contributed by atoms with E-state index in [1.807, 2.05) is 18.0 Å². The van der Waals surface area contributed by atoms with Gasteiger partial charge < -0.3 is 19.9 Å². The number of aromatic nitrogens is 2. The van der Waals surface area contributed by atoms with Crippen LogP contribution in [0.4, 0.5) is 5.82 Å². The van der Waals surface area contributed by atoms with Crippen LogP contribution in [0.2, 0.25) is 0 Å². The molecule has 4 aliphatic rings. The molecule has 0 radical (unpaired) electrons. The minimum atomic E-state index is -0.963. The van der Waals surface area contributed by atoms with Crippen LogP contribution in [0.1, 0.15) is 46.2 Å². The molecule has 2 N–H and O–H groups in total. The molecule has 0 aromatic carbocycles. The van der Waals surface area contributed by atoms with E-state index in [1.165, 1.54) is 12.5 Å². The molecule has 0 spiro atoms. The topological polar surface area (TPSA) is 81.6 Å². The van der Waals surface area contributed by atoms with E-state index >= 15 is 0 Å². The molecule has 5 rings (SSSR count). The summed E-state index contributed by atoms with van der Waals surface area (Å²) in [6, 6.07) is 0.109. The number of carbonyl (C=O) groups is 1. The molecule has 4 unspecified atom stereocenters. The largest absolute Gasteiger partial charge is 0.384 e. The average Bonchev–Trinajstić information content (AvgIpc) is 2.95. The average molecular weight is 401 g/mol. The van der Waals surface area contributed by atoms with Gasteiger partial charge in [0, 0.05) is 20.1 Å². The number of nitrogens with zero attached hydrogens (tertiary/aromatic N) is 3. The Morgan fingerprint density at radius 1 is 1.34 bits per heavy atom. The number of fused-ring (bicyclic) bond motifs is 3. The first-order valence-electron chi connectivity index (χ1n) is 10.5. The summed E-state index contributed by atoms with van der Waals surface area (Å²) in [5, 5.41) is 9.76. The van der Waals surface area contributed by atoms with E-state index in [-0.39, 0.29) is 35.0 Å². The molecule has 7 nitrogen and oxygen atoms in total. The predicted molar refractivity (Wildman–Crippen MR) is 114 cm³/mol. The van der Waals surface area contributed by atoms with Gasteiger partial charge in [0.15, 0.2) is 0 Å². The molecule has 1 amide bonds. The predicted octanol–water partition coefficient (Wildman–Crippen LogP) is 1.89. The number of nitrogens with one attached hydrogen (secondary N) is 1. The van der Waals surface area contributed by atoms with Gasteiger partial charge in [-0.3, -0.25) is 9.36 Å². The lowest BCUT2D eigenvalue weighted by Gasteiger charge is -2.49. The zero-order chi connectivity index (χ0) is 21.1. The van der Waals surface area contributed by atoms with Crippen molar-refractivity contribution in [2.45, 2.75) is 58.7 Å². The molecule has 1 aliphatic carbocycles. The molecule has 158 valence electrons. The molecule has 4 atom stereocenters. The summed E-state index contributed by atoms with van der Waals surface area (Å²) in [7, 11) is 1.81. The van der Waals surface area contributed by atoms with Gasteiger partial charge in [-0.15, -0.1) is 0 Å². The van der Waals surface area contributed by atoms with Crippen LogP contribution in [0.25, 0.3) is 6.08 Å². The van der Waals surface area contributed by atoms with E-state index in [4.69, 9.17) is 0 Å². The molecule has 7 heteroatoms. The van der Waals surface area contributed by atoms with Crippen molar-refractivity contribution in [3.63, 3.8) is 0 Å². The maximum absolute atomic E-state index is 12.4. The lowest BCUT2D eigenvalue weighted by molar-refractivity contribution is -0.143. The van der Waals surface area contributed by atoms with E-state index in [2.05, 4.69) is 42.8 Å². The van der Waals surface area contributed by atoms with Crippen LogP contribution in [0, 0.1) is 11.3 Å². The Hall–Kier alpha value is -2.28. The Morgan fingerprint density at radius 3 is 2.66 bits per heavy atom. The number of rotatable bonds is 3. The number of piperidine rings is 1. The molecule has 1 aromatic heterocycles. The summed E-state index contributed by atoms with van der Waals surface area (Å²) in [5.74, 6) is 1.02. The van der Waals surface area contributed by atoms with E-state index < -0.39 is 6.10 Å². The zero-order valence-corrected chi connectivity index (χ0v) is 18.0. The monoisotopic (exact) mass is 400 g/mol. The number of aliphatic hydroxyl groups excluding tert-OH is 1. The standard InChI is InChI=1S/C22H32N4O3/c1-13(27)20(28)25-11-14-6-7-15(25)10-16(14)18-9-8-17-19(24(5)21(29)23-17)26(18)12-22(2,3)4/h8-10,13-15,18,27H,6-7,11-12H2,1-5H3,(H,23,29). The molecule has 1 saturated heterocycles. The van der Waals surface area contributed by atoms with E-state index in [0.29, 0.717) is 6.54 Å². The van der Waals surface area contributed by atoms with Crippen molar-refractivity contribution in [3.8, 4) is 0 Å². The fourth-order valence-corrected chi connectivity index (χ4v) is 5.02. The fourth-order valence-electron chi connectivity index (χ4n) is 5.02.